The molecule has 2 aliphatic heterocycles. The number of nitrogens with zero attached hydrogens (tertiary/aromatic N) is 3. The lowest BCUT2D eigenvalue weighted by Crippen LogP contribution is -2.75. The lowest BCUT2D eigenvalue weighted by molar-refractivity contribution is -0.757. The third kappa shape index (κ3) is 6.77. The van der Waals surface area contributed by atoms with Gasteiger partial charge in [-0.05, 0) is 56.2 Å². The standard InChI is InChI=1S/C31H41N5O9/c1-21-30(28(37)38,15-6-3-7-17-45-36(43)44)26(23-12-8-14-25(18-23)35(41)42)31(29(39)40,27(32)33-21)24-13-9-16-34(20-24)19-22-10-4-2-5-11-22/h2,4-5,8,10-12,14,18,21,24,26-27,33H,3,6-7,9,13,15-17,19-20,32H2,1H3,(H,37,38)(H,39,40). The second-order valence-corrected chi connectivity index (χ2v) is 12.2. The molecule has 0 aliphatic carbocycles. The van der Waals surface area contributed by atoms with Crippen LogP contribution >= 0.6 is 0 Å². The molecule has 45 heavy (non-hydrogen) atoms. The van der Waals surface area contributed by atoms with Crippen LogP contribution < -0.4 is 11.1 Å². The normalized spacial score (nSPS) is 28.7. The van der Waals surface area contributed by atoms with E-state index in [2.05, 4.69) is 15.1 Å². The molecule has 0 amide bonds. The molecule has 2 aromatic carbocycles. The Morgan fingerprint density at radius 3 is 2.44 bits per heavy atom. The van der Waals surface area contributed by atoms with Gasteiger partial charge in [0.25, 0.3) is 10.8 Å². The molecule has 14 nitrogen and oxygen atoms in total. The number of rotatable bonds is 14. The van der Waals surface area contributed by atoms with Crippen LogP contribution in [0.5, 0.6) is 0 Å². The molecule has 0 spiro atoms. The lowest BCUT2D eigenvalue weighted by Gasteiger charge is -2.60. The van der Waals surface area contributed by atoms with Crippen LogP contribution in [0.2, 0.25) is 0 Å². The number of hydrogen-bond donors (Lipinski definition) is 4. The zero-order chi connectivity index (χ0) is 32.8. The summed E-state index contributed by atoms with van der Waals surface area (Å²) in [6.45, 7) is 3.13. The van der Waals surface area contributed by atoms with Crippen molar-refractivity contribution in [1.29, 1.82) is 0 Å². The van der Waals surface area contributed by atoms with E-state index in [1.165, 1.54) is 18.2 Å². The maximum absolute atomic E-state index is 13.8. The van der Waals surface area contributed by atoms with Crippen molar-refractivity contribution >= 4 is 17.6 Å². The second-order valence-electron chi connectivity index (χ2n) is 12.2. The average molecular weight is 628 g/mol. The van der Waals surface area contributed by atoms with Crippen molar-refractivity contribution in [1.82, 2.24) is 10.2 Å². The first kappa shape index (κ1) is 33.7. The van der Waals surface area contributed by atoms with Crippen molar-refractivity contribution < 1.29 is 34.6 Å². The Labute approximate surface area is 260 Å². The van der Waals surface area contributed by atoms with E-state index in [1.54, 1.807) is 13.0 Å². The molecule has 14 heteroatoms. The molecule has 4 rings (SSSR count). The van der Waals surface area contributed by atoms with Gasteiger partial charge in [0.05, 0.1) is 23.1 Å². The van der Waals surface area contributed by atoms with Gasteiger partial charge in [0.15, 0.2) is 0 Å². The van der Waals surface area contributed by atoms with E-state index in [-0.39, 0.29) is 24.3 Å². The van der Waals surface area contributed by atoms with Gasteiger partial charge < -0.3 is 20.8 Å². The molecule has 2 aliphatic rings. The van der Waals surface area contributed by atoms with Crippen LogP contribution in [0.25, 0.3) is 0 Å². The highest BCUT2D eigenvalue weighted by Crippen LogP contribution is 2.61. The van der Waals surface area contributed by atoms with Crippen molar-refractivity contribution in [2.45, 2.75) is 70.1 Å². The third-order valence-corrected chi connectivity index (χ3v) is 9.75. The number of piperidine rings is 2. The van der Waals surface area contributed by atoms with Crippen LogP contribution in [0.4, 0.5) is 5.69 Å². The Balaban J connectivity index is 1.84. The van der Waals surface area contributed by atoms with Crippen LogP contribution in [-0.4, -0.2) is 69.0 Å². The summed E-state index contributed by atoms with van der Waals surface area (Å²) in [7, 11) is 0. The van der Waals surface area contributed by atoms with Gasteiger partial charge >= 0.3 is 11.9 Å². The van der Waals surface area contributed by atoms with Crippen LogP contribution in [0.15, 0.2) is 54.6 Å². The highest BCUT2D eigenvalue weighted by Gasteiger charge is 2.69. The summed E-state index contributed by atoms with van der Waals surface area (Å²) in [6, 6.07) is 14.5. The molecule has 5 N–H and O–H groups in total. The van der Waals surface area contributed by atoms with Crippen molar-refractivity contribution in [3.8, 4) is 0 Å². The molecule has 0 aromatic heterocycles. The Morgan fingerprint density at radius 2 is 1.80 bits per heavy atom. The first-order chi connectivity index (χ1) is 21.4. The fourth-order valence-corrected chi connectivity index (χ4v) is 7.77. The van der Waals surface area contributed by atoms with E-state index in [0.29, 0.717) is 45.2 Å². The number of carboxylic acid groups (broad SMARTS) is 2. The molecule has 2 heterocycles. The molecular formula is C31H41N5O9. The first-order valence-corrected chi connectivity index (χ1v) is 15.2. The van der Waals surface area contributed by atoms with E-state index < -0.39 is 56.8 Å². The molecule has 0 radical (unpaired) electrons. The topological polar surface area (TPSA) is 211 Å². The molecule has 6 unspecified atom stereocenters. The zero-order valence-electron chi connectivity index (χ0n) is 25.2. The molecule has 244 valence electrons. The van der Waals surface area contributed by atoms with Crippen molar-refractivity contribution in [2.24, 2.45) is 22.5 Å². The SMILES string of the molecule is CC1NC(N)C(C(=O)O)(C2CCCN(Cc3ccccc3)C2)C(c2cccc([N+](=O)[O-])c2)C1(CCCCCO[N+](=O)[O-])C(=O)O. The summed E-state index contributed by atoms with van der Waals surface area (Å²) in [5.41, 5.74) is 4.19. The minimum Gasteiger partial charge on any atom is -0.481 e. The van der Waals surface area contributed by atoms with Crippen LogP contribution in [0.3, 0.4) is 0 Å². The molecular weight excluding hydrogens is 586 g/mol. The average Bonchev–Trinajstić information content (AvgIpc) is 2.99. The first-order valence-electron chi connectivity index (χ1n) is 15.2. The monoisotopic (exact) mass is 627 g/mol. The van der Waals surface area contributed by atoms with Crippen LogP contribution in [-0.2, 0) is 21.0 Å². The van der Waals surface area contributed by atoms with Gasteiger partial charge in [-0.25, -0.2) is 0 Å². The predicted molar refractivity (Wildman–Crippen MR) is 162 cm³/mol. The Kier molecular flexibility index (Phi) is 10.7. The highest BCUT2D eigenvalue weighted by atomic mass is 16.9. The number of likely N-dealkylation sites (tertiary alicyclic amines) is 1. The van der Waals surface area contributed by atoms with Gasteiger partial charge in [-0.1, -0.05) is 55.3 Å². The number of carboxylic acids is 2. The molecule has 0 bridgehead atoms. The van der Waals surface area contributed by atoms with Crippen LogP contribution in [0, 0.1) is 37.0 Å². The minimum absolute atomic E-state index is 0.00449. The van der Waals surface area contributed by atoms with Gasteiger partial charge in [-0.15, -0.1) is 10.1 Å². The van der Waals surface area contributed by atoms with Gasteiger partial charge in [0.1, 0.15) is 5.41 Å². The third-order valence-electron chi connectivity index (χ3n) is 9.75. The number of nitrogens with two attached hydrogens (primary N) is 1. The number of carbonyl (C=O) groups is 2. The molecule has 2 fully saturated rings. The summed E-state index contributed by atoms with van der Waals surface area (Å²) < 4.78 is 0. The number of non-ortho nitro benzene ring substituents is 1. The van der Waals surface area contributed by atoms with Gasteiger partial charge in [0, 0.05) is 37.2 Å². The van der Waals surface area contributed by atoms with Gasteiger partial charge in [-0.2, -0.15) is 0 Å². The maximum atomic E-state index is 13.8. The van der Waals surface area contributed by atoms with Gasteiger partial charge in [0.2, 0.25) is 0 Å². The number of nitro benzene ring substituents is 1. The van der Waals surface area contributed by atoms with E-state index in [9.17, 15) is 40.0 Å². The van der Waals surface area contributed by atoms with E-state index >= 15 is 0 Å². The van der Waals surface area contributed by atoms with Gasteiger partial charge in [-0.3, -0.25) is 29.9 Å². The van der Waals surface area contributed by atoms with Crippen molar-refractivity contribution in [3.63, 3.8) is 0 Å². The largest absolute Gasteiger partial charge is 0.481 e. The van der Waals surface area contributed by atoms with Crippen molar-refractivity contribution in [2.75, 3.05) is 19.7 Å². The zero-order valence-corrected chi connectivity index (χ0v) is 25.2. The smallest absolute Gasteiger partial charge is 0.313 e. The summed E-state index contributed by atoms with van der Waals surface area (Å²) in [5, 5.41) is 47.0. The number of nitro groups is 1. The fraction of sp³-hybridized carbons (Fsp3) is 0.548. The fourth-order valence-electron chi connectivity index (χ4n) is 7.77. The quantitative estimate of drug-likeness (QED) is 0.134. The molecule has 0 saturated carbocycles. The number of benzene rings is 2. The van der Waals surface area contributed by atoms with Crippen LogP contribution in [0.1, 0.15) is 62.5 Å². The van der Waals surface area contributed by atoms with E-state index in [1.807, 2.05) is 30.3 Å². The second kappa shape index (κ2) is 14.3. The summed E-state index contributed by atoms with van der Waals surface area (Å²) >= 11 is 0. The lowest BCUT2D eigenvalue weighted by atomic mass is 9.47. The molecule has 2 saturated heterocycles. The molecule has 6 atom stereocenters. The van der Waals surface area contributed by atoms with Crippen molar-refractivity contribution in [3.05, 3.63) is 86.0 Å². The number of hydrogen-bond acceptors (Lipinski definition) is 10. The Morgan fingerprint density at radius 1 is 1.07 bits per heavy atom. The summed E-state index contributed by atoms with van der Waals surface area (Å²) in [5.74, 6) is -4.35. The van der Waals surface area contributed by atoms with E-state index in [4.69, 9.17) is 5.73 Å². The Hall–Kier alpha value is -4.14. The number of aliphatic carboxylic acids is 2. The summed E-state index contributed by atoms with van der Waals surface area (Å²) in [6.07, 6.45) is 0.939. The minimum atomic E-state index is -1.86. The summed E-state index contributed by atoms with van der Waals surface area (Å²) in [4.78, 5) is 55.8. The van der Waals surface area contributed by atoms with E-state index in [0.717, 1.165) is 12.1 Å². The highest BCUT2D eigenvalue weighted by molar-refractivity contribution is 5.84. The number of unbranched alkanes of at least 4 members (excludes halogenated alkanes) is 2. The Bertz CT molecular complexity index is 1380. The maximum Gasteiger partial charge on any atom is 0.313 e. The number of nitrogens with one attached hydrogen (secondary N) is 1. The molecule has 2 aromatic rings. The predicted octanol–water partition coefficient (Wildman–Crippen LogP) is 3.78.